The van der Waals surface area contributed by atoms with Crippen LogP contribution in [0.2, 0.25) is 5.02 Å². The molecule has 0 fully saturated rings. The van der Waals surface area contributed by atoms with Crippen molar-refractivity contribution in [2.75, 3.05) is 6.54 Å². The molecule has 0 saturated heterocycles. The van der Waals surface area contributed by atoms with Gasteiger partial charge in [-0.05, 0) is 43.5 Å². The summed E-state index contributed by atoms with van der Waals surface area (Å²) in [7, 11) is 0. The van der Waals surface area contributed by atoms with E-state index in [1.54, 1.807) is 31.2 Å². The molecule has 0 radical (unpaired) electrons. The Kier molecular flexibility index (Phi) is 5.17. The van der Waals surface area contributed by atoms with Crippen LogP contribution in [0.15, 0.2) is 24.3 Å². The van der Waals surface area contributed by atoms with Crippen LogP contribution >= 0.6 is 11.6 Å². The van der Waals surface area contributed by atoms with Crippen LogP contribution < -0.4 is 5.32 Å². The Morgan fingerprint density at radius 3 is 2.44 bits per heavy atom. The van der Waals surface area contributed by atoms with Crippen molar-refractivity contribution in [2.24, 2.45) is 5.92 Å². The number of carbonyl (C=O) groups is 1. The van der Waals surface area contributed by atoms with Crippen LogP contribution in [0.1, 0.15) is 37.6 Å². The quantitative estimate of drug-likeness (QED) is 0.864. The number of rotatable bonds is 5. The minimum absolute atomic E-state index is 0.198. The number of benzene rings is 1. The molecule has 0 heterocycles. The third-order valence-electron chi connectivity index (χ3n) is 2.58. The fourth-order valence-corrected chi connectivity index (χ4v) is 2.05. The van der Waals surface area contributed by atoms with Crippen LogP contribution in [0.5, 0.6) is 0 Å². The number of hydrogen-bond acceptors (Lipinski definition) is 2. The van der Waals surface area contributed by atoms with Gasteiger partial charge in [0.2, 0.25) is 0 Å². The third-order valence-corrected chi connectivity index (χ3v) is 2.84. The lowest BCUT2D eigenvalue weighted by Gasteiger charge is -2.25. The first kappa shape index (κ1) is 15.0. The van der Waals surface area contributed by atoms with E-state index >= 15 is 0 Å². The third kappa shape index (κ3) is 5.07. The largest absolute Gasteiger partial charge is 0.388 e. The molecule has 1 aromatic rings. The van der Waals surface area contributed by atoms with E-state index in [4.69, 9.17) is 11.6 Å². The second kappa shape index (κ2) is 6.21. The summed E-state index contributed by atoms with van der Waals surface area (Å²) in [5.41, 5.74) is -0.337. The number of aliphatic hydroxyl groups is 1. The lowest BCUT2D eigenvalue weighted by molar-refractivity contribution is 0.0368. The molecule has 0 aliphatic heterocycles. The maximum absolute atomic E-state index is 11.8. The number of amides is 1. The van der Waals surface area contributed by atoms with E-state index in [1.165, 1.54) is 0 Å². The van der Waals surface area contributed by atoms with Crippen molar-refractivity contribution in [3.8, 4) is 0 Å². The molecule has 1 unspecified atom stereocenters. The molecule has 0 aliphatic carbocycles. The first-order valence-electron chi connectivity index (χ1n) is 6.06. The van der Waals surface area contributed by atoms with E-state index in [9.17, 15) is 9.90 Å². The summed E-state index contributed by atoms with van der Waals surface area (Å²) in [5, 5.41) is 13.4. The first-order valence-corrected chi connectivity index (χ1v) is 6.44. The molecular formula is C14H20ClNO2. The highest BCUT2D eigenvalue weighted by molar-refractivity contribution is 6.30. The van der Waals surface area contributed by atoms with E-state index in [-0.39, 0.29) is 12.5 Å². The first-order chi connectivity index (χ1) is 8.30. The number of hydrogen-bond donors (Lipinski definition) is 2. The lowest BCUT2D eigenvalue weighted by Crippen LogP contribution is -2.41. The molecule has 0 aromatic heterocycles. The Labute approximate surface area is 113 Å². The molecule has 0 bridgehead atoms. The van der Waals surface area contributed by atoms with Gasteiger partial charge in [0.15, 0.2) is 0 Å². The van der Waals surface area contributed by atoms with Crippen LogP contribution in [-0.4, -0.2) is 23.2 Å². The maximum atomic E-state index is 11.8. The Morgan fingerprint density at radius 2 is 1.94 bits per heavy atom. The number of nitrogens with one attached hydrogen (secondary N) is 1. The minimum Gasteiger partial charge on any atom is -0.388 e. The van der Waals surface area contributed by atoms with Crippen LogP contribution in [0, 0.1) is 5.92 Å². The molecule has 0 aliphatic rings. The maximum Gasteiger partial charge on any atom is 0.251 e. The molecule has 2 N–H and O–H groups in total. The van der Waals surface area contributed by atoms with Crippen LogP contribution in [0.3, 0.4) is 0 Å². The fraction of sp³-hybridized carbons (Fsp3) is 0.500. The molecule has 0 spiro atoms. The minimum atomic E-state index is -0.879. The summed E-state index contributed by atoms with van der Waals surface area (Å²) >= 11 is 5.75. The molecule has 4 heteroatoms. The molecule has 100 valence electrons. The molecule has 0 saturated carbocycles. The predicted molar refractivity (Wildman–Crippen MR) is 73.9 cm³/mol. The Balaban J connectivity index is 2.53. The van der Waals surface area contributed by atoms with Gasteiger partial charge in [-0.3, -0.25) is 4.79 Å². The topological polar surface area (TPSA) is 49.3 Å². The predicted octanol–water partition coefficient (Wildman–Crippen LogP) is 2.87. The molecule has 3 nitrogen and oxygen atoms in total. The van der Waals surface area contributed by atoms with Crippen LogP contribution in [-0.2, 0) is 0 Å². The van der Waals surface area contributed by atoms with Gasteiger partial charge in [0.1, 0.15) is 0 Å². The zero-order chi connectivity index (χ0) is 13.8. The van der Waals surface area contributed by atoms with Gasteiger partial charge < -0.3 is 10.4 Å². The van der Waals surface area contributed by atoms with E-state index < -0.39 is 5.60 Å². The number of halogens is 1. The highest BCUT2D eigenvalue weighted by Crippen LogP contribution is 2.15. The van der Waals surface area contributed by atoms with Crippen molar-refractivity contribution < 1.29 is 9.90 Å². The summed E-state index contributed by atoms with van der Waals surface area (Å²) < 4.78 is 0. The van der Waals surface area contributed by atoms with Crippen LogP contribution in [0.4, 0.5) is 0 Å². The van der Waals surface area contributed by atoms with Crippen LogP contribution in [0.25, 0.3) is 0 Å². The molecular weight excluding hydrogens is 250 g/mol. The van der Waals surface area contributed by atoms with Gasteiger partial charge in [-0.15, -0.1) is 0 Å². The highest BCUT2D eigenvalue weighted by atomic mass is 35.5. The molecule has 1 amide bonds. The second-order valence-electron chi connectivity index (χ2n) is 5.28. The van der Waals surface area contributed by atoms with Crippen molar-refractivity contribution in [2.45, 2.75) is 32.8 Å². The molecule has 1 aromatic carbocycles. The van der Waals surface area contributed by atoms with Gasteiger partial charge in [0.25, 0.3) is 5.91 Å². The van der Waals surface area contributed by atoms with Crippen molar-refractivity contribution in [3.63, 3.8) is 0 Å². The van der Waals surface area contributed by atoms with E-state index in [2.05, 4.69) is 5.32 Å². The molecule has 1 rings (SSSR count). The van der Waals surface area contributed by atoms with Crippen molar-refractivity contribution in [3.05, 3.63) is 34.9 Å². The molecule has 18 heavy (non-hydrogen) atoms. The summed E-state index contributed by atoms with van der Waals surface area (Å²) in [6, 6.07) is 6.66. The van der Waals surface area contributed by atoms with Gasteiger partial charge in [0, 0.05) is 17.1 Å². The monoisotopic (exact) mass is 269 g/mol. The normalized spacial score (nSPS) is 14.3. The number of carbonyl (C=O) groups excluding carboxylic acids is 1. The molecule has 1 atom stereocenters. The van der Waals surface area contributed by atoms with Gasteiger partial charge in [0.05, 0.1) is 5.60 Å². The van der Waals surface area contributed by atoms with E-state index in [1.807, 2.05) is 13.8 Å². The SMILES string of the molecule is CC(C)CC(C)(O)CNC(=O)c1ccc(Cl)cc1. The summed E-state index contributed by atoms with van der Waals surface area (Å²) in [6.45, 7) is 6.05. The summed E-state index contributed by atoms with van der Waals surface area (Å²) in [5.74, 6) is 0.183. The van der Waals surface area contributed by atoms with Crippen molar-refractivity contribution >= 4 is 17.5 Å². The van der Waals surface area contributed by atoms with Gasteiger partial charge >= 0.3 is 0 Å². The van der Waals surface area contributed by atoms with E-state index in [0.29, 0.717) is 22.9 Å². The Morgan fingerprint density at radius 1 is 1.39 bits per heavy atom. The average molecular weight is 270 g/mol. The van der Waals surface area contributed by atoms with Gasteiger partial charge in [-0.2, -0.15) is 0 Å². The average Bonchev–Trinajstić information content (AvgIpc) is 2.25. The summed E-state index contributed by atoms with van der Waals surface area (Å²) in [6.07, 6.45) is 0.647. The summed E-state index contributed by atoms with van der Waals surface area (Å²) in [4.78, 5) is 11.8. The van der Waals surface area contributed by atoms with Crippen molar-refractivity contribution in [1.82, 2.24) is 5.32 Å². The lowest BCUT2D eigenvalue weighted by atomic mass is 9.94. The zero-order valence-corrected chi connectivity index (χ0v) is 11.8. The second-order valence-corrected chi connectivity index (χ2v) is 5.72. The van der Waals surface area contributed by atoms with Crippen molar-refractivity contribution in [1.29, 1.82) is 0 Å². The zero-order valence-electron chi connectivity index (χ0n) is 11.0. The fourth-order valence-electron chi connectivity index (χ4n) is 1.93. The van der Waals surface area contributed by atoms with Gasteiger partial charge in [-0.1, -0.05) is 25.4 Å². The highest BCUT2D eigenvalue weighted by Gasteiger charge is 2.22. The van der Waals surface area contributed by atoms with E-state index in [0.717, 1.165) is 0 Å². The van der Waals surface area contributed by atoms with Gasteiger partial charge in [-0.25, -0.2) is 0 Å². The smallest absolute Gasteiger partial charge is 0.251 e. The standard InChI is InChI=1S/C14H20ClNO2/c1-10(2)8-14(3,18)9-16-13(17)11-4-6-12(15)7-5-11/h4-7,10,18H,8-9H2,1-3H3,(H,16,17). The Hall–Kier alpha value is -1.06. The Bertz CT molecular complexity index is 399.